The summed E-state index contributed by atoms with van der Waals surface area (Å²) in [5.74, 6) is 1.54. The highest BCUT2D eigenvalue weighted by Gasteiger charge is 2.44. The van der Waals surface area contributed by atoms with E-state index in [1.54, 1.807) is 4.57 Å². The van der Waals surface area contributed by atoms with Crippen molar-refractivity contribution in [1.82, 2.24) is 19.5 Å². The highest BCUT2D eigenvalue weighted by molar-refractivity contribution is 5.84. The summed E-state index contributed by atoms with van der Waals surface area (Å²) in [7, 11) is 0. The van der Waals surface area contributed by atoms with Gasteiger partial charge in [0, 0.05) is 37.2 Å². The number of anilines is 3. The summed E-state index contributed by atoms with van der Waals surface area (Å²) in [5, 5.41) is 41.3. The van der Waals surface area contributed by atoms with Gasteiger partial charge in [0.25, 0.3) is 0 Å². The van der Waals surface area contributed by atoms with Crippen molar-refractivity contribution >= 4 is 28.6 Å². The summed E-state index contributed by atoms with van der Waals surface area (Å²) in [4.78, 5) is 14.2. The molecule has 0 aliphatic carbocycles. The van der Waals surface area contributed by atoms with Gasteiger partial charge in [0.05, 0.1) is 12.9 Å². The van der Waals surface area contributed by atoms with Crippen LogP contribution in [-0.2, 0) is 4.74 Å². The van der Waals surface area contributed by atoms with E-state index in [0.717, 1.165) is 19.4 Å². The summed E-state index contributed by atoms with van der Waals surface area (Å²) in [6, 6.07) is 29.3. The predicted molar refractivity (Wildman–Crippen MR) is 177 cm³/mol. The Balaban J connectivity index is 1.14. The maximum atomic E-state index is 10.8. The van der Waals surface area contributed by atoms with Crippen molar-refractivity contribution in [2.24, 2.45) is 0 Å². The number of aromatic nitrogens is 4. The van der Waals surface area contributed by atoms with E-state index in [1.807, 2.05) is 18.2 Å². The third-order valence-electron chi connectivity index (χ3n) is 9.06. The van der Waals surface area contributed by atoms with Crippen molar-refractivity contribution in [2.45, 2.75) is 49.2 Å². The zero-order valence-electron chi connectivity index (χ0n) is 25.4. The van der Waals surface area contributed by atoms with Gasteiger partial charge in [-0.3, -0.25) is 4.57 Å². The fraction of sp³-hybridized carbons (Fsp3) is 0.343. The number of rotatable bonds is 12. The van der Waals surface area contributed by atoms with Crippen LogP contribution in [0.1, 0.15) is 47.6 Å². The summed E-state index contributed by atoms with van der Waals surface area (Å²) in [5.41, 5.74) is 5.95. The first kappa shape index (κ1) is 30.1. The van der Waals surface area contributed by atoms with E-state index in [-0.39, 0.29) is 5.92 Å². The number of aliphatic hydroxyl groups is 3. The second-order valence-electron chi connectivity index (χ2n) is 11.9. The zero-order valence-corrected chi connectivity index (χ0v) is 25.4. The summed E-state index contributed by atoms with van der Waals surface area (Å²) < 4.78 is 7.43. The number of fused-ring (bicyclic) bond motifs is 2. The van der Waals surface area contributed by atoms with E-state index in [0.29, 0.717) is 41.9 Å². The summed E-state index contributed by atoms with van der Waals surface area (Å²) in [6.07, 6.45) is -1.14. The largest absolute Gasteiger partial charge is 0.394 e. The molecule has 238 valence electrons. The minimum Gasteiger partial charge on any atom is -0.394 e. The minimum atomic E-state index is -1.26. The van der Waals surface area contributed by atoms with Crippen LogP contribution in [0.4, 0.5) is 17.5 Å². The molecule has 1 fully saturated rings. The molecule has 2 aliphatic rings. The molecule has 1 unspecified atom stereocenters. The second kappa shape index (κ2) is 13.4. The van der Waals surface area contributed by atoms with Gasteiger partial charge in [-0.25, -0.2) is 4.98 Å². The topological polar surface area (TPSA) is 150 Å². The van der Waals surface area contributed by atoms with Gasteiger partial charge in [0.2, 0.25) is 5.95 Å². The molecule has 0 spiro atoms. The van der Waals surface area contributed by atoms with Crippen LogP contribution < -0.4 is 16.0 Å². The number of nitrogens with one attached hydrogen (secondary N) is 3. The Hall–Kier alpha value is -4.55. The van der Waals surface area contributed by atoms with Crippen molar-refractivity contribution in [2.75, 3.05) is 42.2 Å². The molecule has 2 aliphatic heterocycles. The van der Waals surface area contributed by atoms with Crippen LogP contribution >= 0.6 is 0 Å². The molecule has 0 amide bonds. The molecule has 46 heavy (non-hydrogen) atoms. The number of aliphatic hydroxyl groups excluding tert-OH is 3. The second-order valence-corrected chi connectivity index (χ2v) is 11.9. The van der Waals surface area contributed by atoms with E-state index in [4.69, 9.17) is 14.7 Å². The zero-order chi connectivity index (χ0) is 31.5. The maximum Gasteiger partial charge on any atom is 0.226 e. The standard InChI is InChI=1S/C35H39N7O4/c43-20-28-30(44)31(45)34(46-28)42-21-39-29-32(36-18-16-25(22-9-3-1-4-10-22)23-11-5-2-6-12-23)40-35(41-33(29)42)37-17-15-24-19-38-27-14-8-7-13-26(24)27/h1-14,21,24-25,28,30-31,34,38,43-45H,15-20H2,(H2,36,37,40,41)/t24?,28-,30-,31-,34-/m1/s1. The van der Waals surface area contributed by atoms with Gasteiger partial charge >= 0.3 is 0 Å². The van der Waals surface area contributed by atoms with Crippen LogP contribution in [0, 0.1) is 0 Å². The number of para-hydroxylation sites is 1. The smallest absolute Gasteiger partial charge is 0.226 e. The van der Waals surface area contributed by atoms with Crippen molar-refractivity contribution < 1.29 is 20.1 Å². The minimum absolute atomic E-state index is 0.184. The highest BCUT2D eigenvalue weighted by Crippen LogP contribution is 2.35. The first-order valence-electron chi connectivity index (χ1n) is 15.9. The predicted octanol–water partition coefficient (Wildman–Crippen LogP) is 4.08. The Labute approximate surface area is 267 Å². The van der Waals surface area contributed by atoms with Crippen LogP contribution in [0.25, 0.3) is 11.2 Å². The first-order chi connectivity index (χ1) is 22.6. The average molecular weight is 622 g/mol. The highest BCUT2D eigenvalue weighted by atomic mass is 16.6. The number of nitrogens with zero attached hydrogens (tertiary/aromatic N) is 4. The van der Waals surface area contributed by atoms with E-state index in [1.165, 1.54) is 28.7 Å². The number of benzene rings is 3. The number of ether oxygens (including phenoxy) is 1. The van der Waals surface area contributed by atoms with Crippen molar-refractivity contribution in [3.63, 3.8) is 0 Å². The van der Waals surface area contributed by atoms with Gasteiger partial charge < -0.3 is 36.0 Å². The van der Waals surface area contributed by atoms with Gasteiger partial charge in [-0.05, 0) is 35.6 Å². The summed E-state index contributed by atoms with van der Waals surface area (Å²) >= 11 is 0. The normalized spacial score (nSPS) is 22.2. The lowest BCUT2D eigenvalue weighted by Crippen LogP contribution is -2.33. The van der Waals surface area contributed by atoms with Crippen molar-refractivity contribution in [3.8, 4) is 0 Å². The van der Waals surface area contributed by atoms with Gasteiger partial charge in [-0.2, -0.15) is 9.97 Å². The fourth-order valence-electron chi connectivity index (χ4n) is 6.62. The van der Waals surface area contributed by atoms with Crippen LogP contribution in [0.3, 0.4) is 0 Å². The van der Waals surface area contributed by atoms with Crippen molar-refractivity contribution in [1.29, 1.82) is 0 Å². The third kappa shape index (κ3) is 6.02. The van der Waals surface area contributed by atoms with E-state index >= 15 is 0 Å². The maximum absolute atomic E-state index is 10.8. The molecule has 4 heterocycles. The fourth-order valence-corrected chi connectivity index (χ4v) is 6.62. The first-order valence-corrected chi connectivity index (χ1v) is 15.9. The lowest BCUT2D eigenvalue weighted by atomic mass is 9.88. The van der Waals surface area contributed by atoms with E-state index < -0.39 is 31.1 Å². The Morgan fingerprint density at radius 3 is 2.30 bits per heavy atom. The van der Waals surface area contributed by atoms with Gasteiger partial charge in [0.15, 0.2) is 23.2 Å². The molecule has 0 saturated carbocycles. The molecule has 11 heteroatoms. The Morgan fingerprint density at radius 2 is 1.59 bits per heavy atom. The molecule has 0 bridgehead atoms. The monoisotopic (exact) mass is 621 g/mol. The van der Waals surface area contributed by atoms with Gasteiger partial charge in [-0.15, -0.1) is 0 Å². The molecule has 6 N–H and O–H groups in total. The molecule has 7 rings (SSSR count). The SMILES string of the molecule is OC[C@H]1O[C@@H](n2cnc3c(NCCC(c4ccccc4)c4ccccc4)nc(NCCC4CNc5ccccc54)nc32)[C@H](O)[C@@H]1O. The lowest BCUT2D eigenvalue weighted by molar-refractivity contribution is -0.0511. The molecule has 2 aromatic heterocycles. The number of imidazole rings is 1. The molecule has 5 atom stereocenters. The molecular weight excluding hydrogens is 582 g/mol. The van der Waals surface area contributed by atoms with E-state index in [2.05, 4.69) is 87.7 Å². The number of hydrogen-bond acceptors (Lipinski definition) is 10. The molecule has 5 aromatic rings. The van der Waals surface area contributed by atoms with Gasteiger partial charge in [-0.1, -0.05) is 78.9 Å². The van der Waals surface area contributed by atoms with Crippen LogP contribution in [0.15, 0.2) is 91.3 Å². The molecule has 3 aromatic carbocycles. The summed E-state index contributed by atoms with van der Waals surface area (Å²) in [6.45, 7) is 1.73. The average Bonchev–Trinajstić information content (AvgIpc) is 3.79. The molecule has 11 nitrogen and oxygen atoms in total. The molecular formula is C35H39N7O4. The van der Waals surface area contributed by atoms with Crippen LogP contribution in [-0.4, -0.2) is 79.4 Å². The Morgan fingerprint density at radius 1 is 0.870 bits per heavy atom. The van der Waals surface area contributed by atoms with E-state index in [9.17, 15) is 15.3 Å². The Bertz CT molecular complexity index is 1710. The quantitative estimate of drug-likeness (QED) is 0.120. The van der Waals surface area contributed by atoms with Crippen molar-refractivity contribution in [3.05, 3.63) is 108 Å². The van der Waals surface area contributed by atoms with Crippen LogP contribution in [0.5, 0.6) is 0 Å². The van der Waals surface area contributed by atoms with Crippen LogP contribution in [0.2, 0.25) is 0 Å². The molecule has 1 saturated heterocycles. The number of hydrogen-bond donors (Lipinski definition) is 6. The van der Waals surface area contributed by atoms with Gasteiger partial charge in [0.1, 0.15) is 18.3 Å². The lowest BCUT2D eigenvalue weighted by Gasteiger charge is -2.19. The Kier molecular flexibility index (Phi) is 8.80. The third-order valence-corrected chi connectivity index (χ3v) is 9.06. The molecule has 0 radical (unpaired) electrons.